The van der Waals surface area contributed by atoms with Crippen molar-refractivity contribution in [3.63, 3.8) is 0 Å². The van der Waals surface area contributed by atoms with Gasteiger partial charge >= 0.3 is 0 Å². The summed E-state index contributed by atoms with van der Waals surface area (Å²) in [5.41, 5.74) is 0.676. The maximum atomic E-state index is 13.3. The molecule has 1 atom stereocenters. The van der Waals surface area contributed by atoms with Crippen molar-refractivity contribution < 1.29 is 26.4 Å². The monoisotopic (exact) mass is 577 g/mol. The zero-order chi connectivity index (χ0) is 28.5. The Kier molecular flexibility index (Phi) is 8.58. The molecule has 0 spiro atoms. The van der Waals surface area contributed by atoms with Crippen LogP contribution >= 0.6 is 0 Å². The molecule has 2 saturated heterocycles. The Morgan fingerprint density at radius 1 is 0.949 bits per heavy atom. The maximum Gasteiger partial charge on any atom is 0.255 e. The summed E-state index contributed by atoms with van der Waals surface area (Å²) >= 11 is 0. The predicted octanol–water partition coefficient (Wildman–Crippen LogP) is 4.19. The number of rotatable bonds is 9. The van der Waals surface area contributed by atoms with Crippen LogP contribution < -0.4 is 5.32 Å². The Labute approximate surface area is 232 Å². The van der Waals surface area contributed by atoms with Crippen LogP contribution in [-0.4, -0.2) is 70.7 Å². The van der Waals surface area contributed by atoms with E-state index in [9.17, 15) is 21.6 Å². The Hall–Kier alpha value is -2.31. The van der Waals surface area contributed by atoms with Gasteiger partial charge in [0.25, 0.3) is 5.91 Å². The van der Waals surface area contributed by atoms with E-state index in [1.807, 2.05) is 0 Å². The summed E-state index contributed by atoms with van der Waals surface area (Å²) in [6.07, 6.45) is 2.81. The van der Waals surface area contributed by atoms with Gasteiger partial charge in [-0.1, -0.05) is 40.2 Å². The molecule has 39 heavy (non-hydrogen) atoms. The molecule has 214 valence electrons. The number of benzene rings is 2. The number of hydrogen-bond donors (Lipinski definition) is 1. The van der Waals surface area contributed by atoms with Gasteiger partial charge in [-0.2, -0.15) is 8.61 Å². The first-order chi connectivity index (χ1) is 18.3. The fraction of sp³-hybridized carbons (Fsp3) is 0.536. The van der Waals surface area contributed by atoms with E-state index in [0.29, 0.717) is 32.0 Å². The summed E-state index contributed by atoms with van der Waals surface area (Å²) in [4.78, 5) is 13.1. The molecule has 0 aliphatic carbocycles. The topological polar surface area (TPSA) is 113 Å². The second kappa shape index (κ2) is 11.3. The number of nitrogens with zero attached hydrogens (tertiary/aromatic N) is 2. The largest absolute Gasteiger partial charge is 0.379 e. The van der Waals surface area contributed by atoms with Crippen molar-refractivity contribution in [3.05, 3.63) is 54.1 Å². The van der Waals surface area contributed by atoms with Crippen LogP contribution in [-0.2, 0) is 24.8 Å². The summed E-state index contributed by atoms with van der Waals surface area (Å²) in [5.74, 6) is -0.463. The average Bonchev–Trinajstić information content (AvgIpc) is 3.31. The van der Waals surface area contributed by atoms with Gasteiger partial charge in [0.1, 0.15) is 0 Å². The molecule has 0 aromatic heterocycles. The summed E-state index contributed by atoms with van der Waals surface area (Å²) in [7, 11) is -7.39. The minimum atomic E-state index is -3.70. The molecule has 9 nitrogen and oxygen atoms in total. The zero-order valence-corrected chi connectivity index (χ0v) is 24.8. The number of ether oxygens (including phenoxy) is 1. The molecule has 1 unspecified atom stereocenters. The van der Waals surface area contributed by atoms with Crippen molar-refractivity contribution in [2.45, 2.75) is 56.7 Å². The second-order valence-electron chi connectivity index (χ2n) is 11.6. The number of morpholine rings is 1. The third kappa shape index (κ3) is 6.71. The van der Waals surface area contributed by atoms with E-state index >= 15 is 0 Å². The summed E-state index contributed by atoms with van der Waals surface area (Å²) in [5, 5.41) is 2.72. The van der Waals surface area contributed by atoms with Crippen LogP contribution in [0.25, 0.3) is 0 Å². The van der Waals surface area contributed by atoms with Crippen molar-refractivity contribution in [2.24, 2.45) is 10.8 Å². The fourth-order valence-electron chi connectivity index (χ4n) is 5.41. The van der Waals surface area contributed by atoms with E-state index in [-0.39, 0.29) is 39.3 Å². The molecule has 2 heterocycles. The Morgan fingerprint density at radius 2 is 1.59 bits per heavy atom. The van der Waals surface area contributed by atoms with Crippen LogP contribution in [0.5, 0.6) is 0 Å². The van der Waals surface area contributed by atoms with Crippen LogP contribution in [0.15, 0.2) is 58.3 Å². The third-order valence-corrected chi connectivity index (χ3v) is 11.6. The summed E-state index contributed by atoms with van der Waals surface area (Å²) in [6, 6.07) is 12.0. The van der Waals surface area contributed by atoms with Crippen molar-refractivity contribution in [1.29, 1.82) is 0 Å². The minimum absolute atomic E-state index is 0.0732. The van der Waals surface area contributed by atoms with E-state index in [4.69, 9.17) is 4.74 Å². The highest BCUT2D eigenvalue weighted by Gasteiger charge is 2.42. The normalized spacial score (nSPS) is 21.6. The van der Waals surface area contributed by atoms with Crippen LogP contribution in [0.4, 0.5) is 5.69 Å². The lowest BCUT2D eigenvalue weighted by molar-refractivity contribution is 0.0730. The van der Waals surface area contributed by atoms with Gasteiger partial charge in [0, 0.05) is 37.4 Å². The quantitative estimate of drug-likeness (QED) is 0.478. The van der Waals surface area contributed by atoms with Crippen LogP contribution in [0.1, 0.15) is 57.3 Å². The standard InChI is InChI=1S/C28H39N3O6S2/c1-5-27(2,3)20-28(4)13-14-31(21-28)38(33,34)24-11-9-22(10-12-24)26(32)29-23-7-6-8-25(19-23)39(35,36)30-15-17-37-18-16-30/h6-12,19H,5,13-18,20-21H2,1-4H3,(H,29,32). The molecule has 0 radical (unpaired) electrons. The zero-order valence-electron chi connectivity index (χ0n) is 23.1. The average molecular weight is 578 g/mol. The highest BCUT2D eigenvalue weighted by Crippen LogP contribution is 2.43. The van der Waals surface area contributed by atoms with Gasteiger partial charge in [-0.05, 0) is 66.1 Å². The van der Waals surface area contributed by atoms with E-state index in [0.717, 1.165) is 19.3 Å². The lowest BCUT2D eigenvalue weighted by atomic mass is 9.72. The number of nitrogens with one attached hydrogen (secondary N) is 1. The Morgan fingerprint density at radius 3 is 2.23 bits per heavy atom. The molecule has 4 rings (SSSR count). The molecule has 0 bridgehead atoms. The van der Waals surface area contributed by atoms with E-state index in [1.54, 1.807) is 16.4 Å². The minimum Gasteiger partial charge on any atom is -0.379 e. The number of sulfonamides is 2. The van der Waals surface area contributed by atoms with E-state index in [1.165, 1.54) is 40.7 Å². The first kappa shape index (κ1) is 29.7. The van der Waals surface area contributed by atoms with Gasteiger partial charge in [0.05, 0.1) is 23.0 Å². The lowest BCUT2D eigenvalue weighted by Gasteiger charge is -2.34. The number of anilines is 1. The molecule has 2 aliphatic heterocycles. The highest BCUT2D eigenvalue weighted by atomic mass is 32.2. The number of hydrogen-bond acceptors (Lipinski definition) is 6. The van der Waals surface area contributed by atoms with Crippen molar-refractivity contribution in [1.82, 2.24) is 8.61 Å². The predicted molar refractivity (Wildman–Crippen MR) is 151 cm³/mol. The molecular weight excluding hydrogens is 538 g/mol. The van der Waals surface area contributed by atoms with Gasteiger partial charge in [0.15, 0.2) is 0 Å². The van der Waals surface area contributed by atoms with Gasteiger partial charge in [0.2, 0.25) is 20.0 Å². The van der Waals surface area contributed by atoms with Crippen LogP contribution in [0.2, 0.25) is 0 Å². The van der Waals surface area contributed by atoms with Gasteiger partial charge in [-0.15, -0.1) is 0 Å². The highest BCUT2D eigenvalue weighted by molar-refractivity contribution is 7.89. The molecule has 2 aromatic carbocycles. The first-order valence-electron chi connectivity index (χ1n) is 13.4. The molecular formula is C28H39N3O6S2. The third-order valence-electron chi connectivity index (χ3n) is 7.84. The molecule has 1 N–H and O–H groups in total. The van der Waals surface area contributed by atoms with E-state index in [2.05, 4.69) is 33.0 Å². The first-order valence-corrected chi connectivity index (χ1v) is 16.2. The van der Waals surface area contributed by atoms with Gasteiger partial charge < -0.3 is 10.1 Å². The van der Waals surface area contributed by atoms with Crippen molar-refractivity contribution >= 4 is 31.6 Å². The molecule has 2 aromatic rings. The number of amides is 1. The fourth-order valence-corrected chi connectivity index (χ4v) is 8.46. The Bertz CT molecular complexity index is 1400. The van der Waals surface area contributed by atoms with Gasteiger partial charge in [-0.25, -0.2) is 16.8 Å². The molecule has 11 heteroatoms. The smallest absolute Gasteiger partial charge is 0.255 e. The maximum absolute atomic E-state index is 13.3. The second-order valence-corrected chi connectivity index (χ2v) is 15.5. The molecule has 2 aliphatic rings. The van der Waals surface area contributed by atoms with E-state index < -0.39 is 26.0 Å². The summed E-state index contributed by atoms with van der Waals surface area (Å²) in [6.45, 7) is 11.0. The van der Waals surface area contributed by atoms with Crippen molar-refractivity contribution in [2.75, 3.05) is 44.7 Å². The lowest BCUT2D eigenvalue weighted by Crippen LogP contribution is -2.40. The number of carbonyl (C=O) groups excluding carboxylic acids is 1. The molecule has 1 amide bonds. The number of carbonyl (C=O) groups is 1. The Balaban J connectivity index is 1.43. The van der Waals surface area contributed by atoms with Gasteiger partial charge in [-0.3, -0.25) is 4.79 Å². The van der Waals surface area contributed by atoms with Crippen molar-refractivity contribution in [3.8, 4) is 0 Å². The summed E-state index contributed by atoms with van der Waals surface area (Å²) < 4.78 is 60.8. The van der Waals surface area contributed by atoms with Crippen LogP contribution in [0.3, 0.4) is 0 Å². The molecule has 2 fully saturated rings. The van der Waals surface area contributed by atoms with Crippen LogP contribution in [0, 0.1) is 10.8 Å². The SMILES string of the molecule is CCC(C)(C)CC1(C)CCN(S(=O)(=O)c2ccc(C(=O)Nc3cccc(S(=O)(=O)N4CCOCC4)c3)cc2)C1. The molecule has 0 saturated carbocycles.